The molecule has 1 aromatic carbocycles. The van der Waals surface area contributed by atoms with Crippen LogP contribution in [-0.4, -0.2) is 72.2 Å². The fourth-order valence-corrected chi connectivity index (χ4v) is 4.25. The number of ether oxygens (including phenoxy) is 3. The standard InChI is InChI=1S/C24H30ClF4N3O6/c1-23(2,3)38-22(35)32-11-13(30-20(33)12-36-15-5-6-17(25)18(26)10-15)4-7-19(32)21(34)31-14-8-16(9-14)37-24(27,28)29/h5-6,10,13-14,16,19H,4,7-9,11-12H2,1-3H3,(H,30,33)(H,31,34)/t13-,14?,16?,19+/m0/s1. The Morgan fingerprint density at radius 3 is 2.37 bits per heavy atom. The topological polar surface area (TPSA) is 106 Å². The maximum Gasteiger partial charge on any atom is 0.522 e. The average molecular weight is 568 g/mol. The van der Waals surface area contributed by atoms with Crippen LogP contribution < -0.4 is 15.4 Å². The lowest BCUT2D eigenvalue weighted by Crippen LogP contribution is -2.61. The molecule has 1 aliphatic heterocycles. The van der Waals surface area contributed by atoms with Crippen LogP contribution in [0.25, 0.3) is 0 Å². The summed E-state index contributed by atoms with van der Waals surface area (Å²) in [5, 5.41) is 5.31. The van der Waals surface area contributed by atoms with Gasteiger partial charge >= 0.3 is 12.5 Å². The highest BCUT2D eigenvalue weighted by Gasteiger charge is 2.43. The van der Waals surface area contributed by atoms with Gasteiger partial charge in [0.2, 0.25) is 5.91 Å². The van der Waals surface area contributed by atoms with Crippen LogP contribution in [0.5, 0.6) is 5.75 Å². The first-order chi connectivity index (χ1) is 17.6. The zero-order valence-corrected chi connectivity index (χ0v) is 21.8. The van der Waals surface area contributed by atoms with Crippen molar-refractivity contribution in [2.75, 3.05) is 13.2 Å². The molecule has 1 aliphatic carbocycles. The first-order valence-electron chi connectivity index (χ1n) is 12.0. The van der Waals surface area contributed by atoms with Crippen LogP contribution in [0.4, 0.5) is 22.4 Å². The third-order valence-electron chi connectivity index (χ3n) is 5.88. The fraction of sp³-hybridized carbons (Fsp3) is 0.625. The lowest BCUT2D eigenvalue weighted by atomic mass is 9.88. The Morgan fingerprint density at radius 2 is 1.76 bits per heavy atom. The van der Waals surface area contributed by atoms with E-state index >= 15 is 0 Å². The highest BCUT2D eigenvalue weighted by atomic mass is 35.5. The molecule has 2 fully saturated rings. The minimum absolute atomic E-state index is 0.000604. The molecule has 3 amide bonds. The van der Waals surface area contributed by atoms with Gasteiger partial charge in [-0.05, 0) is 58.6 Å². The highest BCUT2D eigenvalue weighted by molar-refractivity contribution is 6.30. The molecule has 1 aromatic rings. The summed E-state index contributed by atoms with van der Waals surface area (Å²) in [4.78, 5) is 39.5. The number of hydrogen-bond donors (Lipinski definition) is 2. The number of alkyl halides is 3. The normalized spacial score (nSPS) is 23.7. The minimum atomic E-state index is -4.74. The van der Waals surface area contributed by atoms with E-state index in [0.29, 0.717) is 6.42 Å². The second-order valence-electron chi connectivity index (χ2n) is 10.2. The molecule has 14 heteroatoms. The molecular weight excluding hydrogens is 538 g/mol. The van der Waals surface area contributed by atoms with Crippen LogP contribution in [0.3, 0.4) is 0 Å². The summed E-state index contributed by atoms with van der Waals surface area (Å²) in [7, 11) is 0. The molecule has 9 nitrogen and oxygen atoms in total. The lowest BCUT2D eigenvalue weighted by molar-refractivity contribution is -0.351. The van der Waals surface area contributed by atoms with Gasteiger partial charge in [-0.15, -0.1) is 13.2 Å². The monoisotopic (exact) mass is 567 g/mol. The Hall–Kier alpha value is -2.80. The van der Waals surface area contributed by atoms with E-state index in [1.54, 1.807) is 20.8 Å². The number of nitrogens with zero attached hydrogens (tertiary/aromatic N) is 1. The first-order valence-corrected chi connectivity index (χ1v) is 12.4. The minimum Gasteiger partial charge on any atom is -0.484 e. The molecule has 0 aromatic heterocycles. The van der Waals surface area contributed by atoms with E-state index in [-0.39, 0.29) is 36.6 Å². The molecule has 212 valence electrons. The highest BCUT2D eigenvalue weighted by Crippen LogP contribution is 2.31. The number of halogens is 5. The summed E-state index contributed by atoms with van der Waals surface area (Å²) < 4.78 is 65.3. The summed E-state index contributed by atoms with van der Waals surface area (Å²) in [6.07, 6.45) is -6.03. The van der Waals surface area contributed by atoms with E-state index in [2.05, 4.69) is 15.4 Å². The summed E-state index contributed by atoms with van der Waals surface area (Å²) in [5.41, 5.74) is -0.855. The molecular formula is C24H30ClF4N3O6. The van der Waals surface area contributed by atoms with Crippen molar-refractivity contribution in [3.05, 3.63) is 29.0 Å². The Labute approximate surface area is 222 Å². The quantitative estimate of drug-likeness (QED) is 0.484. The molecule has 0 bridgehead atoms. The number of piperidine rings is 1. The number of likely N-dealkylation sites (tertiary alicyclic amines) is 1. The predicted octanol–water partition coefficient (Wildman–Crippen LogP) is 3.93. The van der Waals surface area contributed by atoms with Crippen LogP contribution in [0.15, 0.2) is 18.2 Å². The van der Waals surface area contributed by atoms with Crippen molar-refractivity contribution in [2.45, 2.75) is 82.6 Å². The molecule has 0 radical (unpaired) electrons. The smallest absolute Gasteiger partial charge is 0.484 e. The van der Waals surface area contributed by atoms with Gasteiger partial charge in [0, 0.05) is 24.7 Å². The van der Waals surface area contributed by atoms with Gasteiger partial charge in [-0.25, -0.2) is 9.18 Å². The van der Waals surface area contributed by atoms with Crippen molar-refractivity contribution in [3.8, 4) is 5.75 Å². The van der Waals surface area contributed by atoms with E-state index in [4.69, 9.17) is 21.1 Å². The molecule has 0 unspecified atom stereocenters. The molecule has 0 spiro atoms. The van der Waals surface area contributed by atoms with Crippen LogP contribution in [0, 0.1) is 5.82 Å². The van der Waals surface area contributed by atoms with Gasteiger partial charge in [0.05, 0.1) is 11.1 Å². The fourth-order valence-electron chi connectivity index (χ4n) is 4.13. The number of carbonyl (C=O) groups is 3. The average Bonchev–Trinajstić information content (AvgIpc) is 2.76. The number of rotatable bonds is 7. The summed E-state index contributed by atoms with van der Waals surface area (Å²) in [5.74, 6) is -1.64. The van der Waals surface area contributed by atoms with Gasteiger partial charge in [-0.2, -0.15) is 0 Å². The molecule has 1 heterocycles. The number of nitrogens with one attached hydrogen (secondary N) is 2. The number of amides is 3. The van der Waals surface area contributed by atoms with E-state index < -0.39 is 66.5 Å². The SMILES string of the molecule is CC(C)(C)OC(=O)N1C[C@@H](NC(=O)COc2ccc(Cl)c(F)c2)CC[C@@H]1C(=O)NC1CC(OC(F)(F)F)C1. The molecule has 38 heavy (non-hydrogen) atoms. The Bertz CT molecular complexity index is 1030. The predicted molar refractivity (Wildman–Crippen MR) is 127 cm³/mol. The summed E-state index contributed by atoms with van der Waals surface area (Å²) >= 11 is 5.63. The number of benzene rings is 1. The van der Waals surface area contributed by atoms with Crippen molar-refractivity contribution in [2.24, 2.45) is 0 Å². The molecule has 2 atom stereocenters. The van der Waals surface area contributed by atoms with Crippen molar-refractivity contribution in [1.82, 2.24) is 15.5 Å². The van der Waals surface area contributed by atoms with Gasteiger partial charge in [-0.3, -0.25) is 19.2 Å². The van der Waals surface area contributed by atoms with E-state index in [1.165, 1.54) is 17.0 Å². The number of hydrogen-bond acceptors (Lipinski definition) is 6. The maximum absolute atomic E-state index is 13.6. The Morgan fingerprint density at radius 1 is 1.08 bits per heavy atom. The molecule has 2 aliphatic rings. The molecule has 2 N–H and O–H groups in total. The van der Waals surface area contributed by atoms with Gasteiger partial charge in [0.1, 0.15) is 23.2 Å². The van der Waals surface area contributed by atoms with Gasteiger partial charge in [0.25, 0.3) is 5.91 Å². The van der Waals surface area contributed by atoms with Gasteiger partial charge < -0.3 is 20.1 Å². The zero-order chi connectivity index (χ0) is 28.3. The van der Waals surface area contributed by atoms with Crippen molar-refractivity contribution in [3.63, 3.8) is 0 Å². The van der Waals surface area contributed by atoms with Crippen molar-refractivity contribution in [1.29, 1.82) is 0 Å². The second-order valence-corrected chi connectivity index (χ2v) is 10.6. The molecule has 1 saturated heterocycles. The van der Waals surface area contributed by atoms with E-state index in [9.17, 15) is 31.9 Å². The Balaban J connectivity index is 1.56. The van der Waals surface area contributed by atoms with Gasteiger partial charge in [0.15, 0.2) is 6.61 Å². The molecule has 3 rings (SSSR count). The third kappa shape index (κ3) is 8.90. The lowest BCUT2D eigenvalue weighted by Gasteiger charge is -2.41. The largest absolute Gasteiger partial charge is 0.522 e. The second kappa shape index (κ2) is 11.9. The van der Waals surface area contributed by atoms with Crippen LogP contribution in [0.2, 0.25) is 5.02 Å². The van der Waals surface area contributed by atoms with Crippen LogP contribution >= 0.6 is 11.6 Å². The summed E-state index contributed by atoms with van der Waals surface area (Å²) in [6.45, 7) is 4.52. The van der Waals surface area contributed by atoms with Crippen LogP contribution in [0.1, 0.15) is 46.5 Å². The first kappa shape index (κ1) is 29.8. The maximum atomic E-state index is 13.6. The Kier molecular flexibility index (Phi) is 9.34. The van der Waals surface area contributed by atoms with Crippen LogP contribution in [-0.2, 0) is 19.1 Å². The van der Waals surface area contributed by atoms with E-state index in [0.717, 1.165) is 6.07 Å². The van der Waals surface area contributed by atoms with Crippen molar-refractivity contribution >= 4 is 29.5 Å². The molecule has 1 saturated carbocycles. The summed E-state index contributed by atoms with van der Waals surface area (Å²) in [6, 6.07) is 1.77. The zero-order valence-electron chi connectivity index (χ0n) is 21.1. The van der Waals surface area contributed by atoms with Gasteiger partial charge in [-0.1, -0.05) is 11.6 Å². The van der Waals surface area contributed by atoms with Crippen molar-refractivity contribution < 1.29 is 46.2 Å². The number of carbonyl (C=O) groups excluding carboxylic acids is 3. The van der Waals surface area contributed by atoms with E-state index in [1.807, 2.05) is 0 Å². The third-order valence-corrected chi connectivity index (χ3v) is 6.19.